The van der Waals surface area contributed by atoms with Gasteiger partial charge in [-0.1, -0.05) is 30.3 Å². The number of aromatic amines is 1. The molecule has 0 aliphatic carbocycles. The van der Waals surface area contributed by atoms with Gasteiger partial charge in [-0.3, -0.25) is 9.69 Å². The Morgan fingerprint density at radius 1 is 1.13 bits per heavy atom. The Kier molecular flexibility index (Phi) is 5.76. The molecule has 2 heterocycles. The van der Waals surface area contributed by atoms with Crippen molar-refractivity contribution in [1.29, 1.82) is 0 Å². The fourth-order valence-corrected chi connectivity index (χ4v) is 3.92. The summed E-state index contributed by atoms with van der Waals surface area (Å²) in [6.07, 6.45) is 0. The average molecular weight is 406 g/mol. The standard InChI is InChI=1S/C22H26N6O2/c1-15-16(2)28(22(29)19-5-4-6-20(13-19)30-3)12-11-27(15)14-17-7-9-18(10-8-17)21-23-25-26-24-21/h4-10,13,15-16H,11-12,14H2,1-3H3,(H,23,24,25,26)/t15-,16+/m0/s1. The number of carbonyl (C=O) groups is 1. The number of methoxy groups -OCH3 is 1. The van der Waals surface area contributed by atoms with Gasteiger partial charge in [0.05, 0.1) is 7.11 Å². The van der Waals surface area contributed by atoms with E-state index in [1.54, 1.807) is 13.2 Å². The van der Waals surface area contributed by atoms with Gasteiger partial charge in [-0.15, -0.1) is 10.2 Å². The fourth-order valence-electron chi connectivity index (χ4n) is 3.92. The molecule has 2 atom stereocenters. The summed E-state index contributed by atoms with van der Waals surface area (Å²) in [5, 5.41) is 14.1. The Hall–Kier alpha value is -3.26. The zero-order valence-electron chi connectivity index (χ0n) is 17.4. The van der Waals surface area contributed by atoms with Crippen molar-refractivity contribution in [2.45, 2.75) is 32.5 Å². The molecule has 1 amide bonds. The number of rotatable bonds is 5. The summed E-state index contributed by atoms with van der Waals surface area (Å²) in [6.45, 7) is 6.66. The van der Waals surface area contributed by atoms with E-state index < -0.39 is 0 Å². The van der Waals surface area contributed by atoms with Crippen LogP contribution >= 0.6 is 0 Å². The SMILES string of the molecule is COc1cccc(C(=O)N2CCN(Cc3ccc(-c4nn[nH]n4)cc3)[C@@H](C)[C@H]2C)c1. The van der Waals surface area contributed by atoms with E-state index in [-0.39, 0.29) is 18.0 Å². The van der Waals surface area contributed by atoms with Crippen molar-refractivity contribution in [1.82, 2.24) is 30.4 Å². The zero-order chi connectivity index (χ0) is 21.1. The number of hydrogen-bond donors (Lipinski definition) is 1. The predicted octanol–water partition coefficient (Wildman–Crippen LogP) is 2.61. The summed E-state index contributed by atoms with van der Waals surface area (Å²) in [7, 11) is 1.61. The largest absolute Gasteiger partial charge is 0.497 e. The van der Waals surface area contributed by atoms with Gasteiger partial charge in [0.15, 0.2) is 0 Å². The summed E-state index contributed by atoms with van der Waals surface area (Å²) in [4.78, 5) is 17.5. The van der Waals surface area contributed by atoms with Crippen molar-refractivity contribution in [3.8, 4) is 17.1 Å². The average Bonchev–Trinajstić information content (AvgIpc) is 3.32. The van der Waals surface area contributed by atoms with E-state index >= 15 is 0 Å². The molecule has 8 nitrogen and oxygen atoms in total. The number of ether oxygens (including phenoxy) is 1. The molecule has 8 heteroatoms. The first-order chi connectivity index (χ1) is 14.6. The number of nitrogens with one attached hydrogen (secondary N) is 1. The maximum atomic E-state index is 13.1. The molecule has 0 saturated carbocycles. The smallest absolute Gasteiger partial charge is 0.254 e. The molecule has 2 aromatic carbocycles. The highest BCUT2D eigenvalue weighted by Gasteiger charge is 2.33. The highest BCUT2D eigenvalue weighted by molar-refractivity contribution is 5.95. The van der Waals surface area contributed by atoms with E-state index in [0.717, 1.165) is 18.7 Å². The first-order valence-corrected chi connectivity index (χ1v) is 10.1. The highest BCUT2D eigenvalue weighted by atomic mass is 16.5. The summed E-state index contributed by atoms with van der Waals surface area (Å²) in [5.74, 6) is 1.34. The van der Waals surface area contributed by atoms with Gasteiger partial charge in [0.1, 0.15) is 5.75 Å². The van der Waals surface area contributed by atoms with Crippen molar-refractivity contribution < 1.29 is 9.53 Å². The predicted molar refractivity (Wildman–Crippen MR) is 113 cm³/mol. The lowest BCUT2D eigenvalue weighted by atomic mass is 10.0. The maximum absolute atomic E-state index is 13.1. The van der Waals surface area contributed by atoms with Crippen LogP contribution in [0.4, 0.5) is 0 Å². The van der Waals surface area contributed by atoms with Gasteiger partial charge in [-0.2, -0.15) is 5.21 Å². The molecule has 1 saturated heterocycles. The molecule has 0 bridgehead atoms. The number of benzene rings is 2. The first-order valence-electron chi connectivity index (χ1n) is 10.1. The van der Waals surface area contributed by atoms with Crippen LogP contribution in [0.5, 0.6) is 5.75 Å². The zero-order valence-corrected chi connectivity index (χ0v) is 17.4. The summed E-state index contributed by atoms with van der Waals surface area (Å²) in [6, 6.07) is 15.9. The second-order valence-electron chi connectivity index (χ2n) is 7.61. The van der Waals surface area contributed by atoms with Crippen molar-refractivity contribution >= 4 is 5.91 Å². The Morgan fingerprint density at radius 2 is 1.93 bits per heavy atom. The lowest BCUT2D eigenvalue weighted by molar-refractivity contribution is 0.0250. The molecule has 156 valence electrons. The fraction of sp³-hybridized carbons (Fsp3) is 0.364. The molecule has 3 aromatic rings. The van der Waals surface area contributed by atoms with Gasteiger partial charge in [0.25, 0.3) is 5.91 Å². The number of amides is 1. The van der Waals surface area contributed by atoms with Crippen molar-refractivity contribution in [2.24, 2.45) is 0 Å². The van der Waals surface area contributed by atoms with Crippen LogP contribution in [0.15, 0.2) is 48.5 Å². The van der Waals surface area contributed by atoms with Gasteiger partial charge >= 0.3 is 0 Å². The lowest BCUT2D eigenvalue weighted by Crippen LogP contribution is -2.58. The molecule has 1 fully saturated rings. The van der Waals surface area contributed by atoms with Gasteiger partial charge in [0, 0.05) is 42.8 Å². The van der Waals surface area contributed by atoms with E-state index in [1.165, 1.54) is 5.56 Å². The molecule has 1 N–H and O–H groups in total. The van der Waals surface area contributed by atoms with E-state index in [2.05, 4.69) is 51.5 Å². The minimum atomic E-state index is 0.0531. The number of piperazine rings is 1. The molecule has 4 rings (SSSR count). The van der Waals surface area contributed by atoms with Crippen LogP contribution in [-0.4, -0.2) is 68.6 Å². The van der Waals surface area contributed by atoms with Crippen molar-refractivity contribution in [3.63, 3.8) is 0 Å². The monoisotopic (exact) mass is 406 g/mol. The normalized spacial score (nSPS) is 19.6. The van der Waals surface area contributed by atoms with Crippen LogP contribution in [0.2, 0.25) is 0 Å². The van der Waals surface area contributed by atoms with Crippen LogP contribution in [0, 0.1) is 0 Å². The summed E-state index contributed by atoms with van der Waals surface area (Å²) < 4.78 is 5.26. The number of carbonyl (C=O) groups excluding carboxylic acids is 1. The molecule has 0 radical (unpaired) electrons. The molecule has 0 unspecified atom stereocenters. The molecule has 30 heavy (non-hydrogen) atoms. The Morgan fingerprint density at radius 3 is 2.63 bits per heavy atom. The molecule has 1 aliphatic heterocycles. The van der Waals surface area contributed by atoms with Crippen LogP contribution < -0.4 is 4.74 Å². The van der Waals surface area contributed by atoms with Crippen molar-refractivity contribution in [3.05, 3.63) is 59.7 Å². The van der Waals surface area contributed by atoms with E-state index in [1.807, 2.05) is 35.2 Å². The Labute approximate surface area is 175 Å². The number of aromatic nitrogens is 4. The molecular weight excluding hydrogens is 380 g/mol. The minimum Gasteiger partial charge on any atom is -0.497 e. The molecule has 1 aromatic heterocycles. The topological polar surface area (TPSA) is 87.2 Å². The third kappa shape index (κ3) is 4.04. The van der Waals surface area contributed by atoms with Gasteiger partial charge in [-0.05, 0) is 42.8 Å². The van der Waals surface area contributed by atoms with E-state index in [0.29, 0.717) is 23.7 Å². The van der Waals surface area contributed by atoms with Gasteiger partial charge in [0.2, 0.25) is 5.82 Å². The van der Waals surface area contributed by atoms with Crippen LogP contribution in [0.25, 0.3) is 11.4 Å². The number of hydrogen-bond acceptors (Lipinski definition) is 6. The molecular formula is C22H26N6O2. The van der Waals surface area contributed by atoms with Crippen LogP contribution in [0.1, 0.15) is 29.8 Å². The van der Waals surface area contributed by atoms with E-state index in [4.69, 9.17) is 4.74 Å². The molecule has 0 spiro atoms. The second kappa shape index (κ2) is 8.62. The second-order valence-corrected chi connectivity index (χ2v) is 7.61. The highest BCUT2D eigenvalue weighted by Crippen LogP contribution is 2.23. The lowest BCUT2D eigenvalue weighted by Gasteiger charge is -2.45. The van der Waals surface area contributed by atoms with Gasteiger partial charge < -0.3 is 9.64 Å². The first kappa shape index (κ1) is 20.0. The molecule has 1 aliphatic rings. The van der Waals surface area contributed by atoms with E-state index in [9.17, 15) is 4.79 Å². The Bertz CT molecular complexity index is 989. The summed E-state index contributed by atoms with van der Waals surface area (Å²) >= 11 is 0. The quantitative estimate of drug-likeness (QED) is 0.701. The van der Waals surface area contributed by atoms with Crippen molar-refractivity contribution in [2.75, 3.05) is 20.2 Å². The number of tetrazole rings is 1. The maximum Gasteiger partial charge on any atom is 0.254 e. The summed E-state index contributed by atoms with van der Waals surface area (Å²) in [5.41, 5.74) is 2.82. The minimum absolute atomic E-state index is 0.0531. The number of H-pyrrole nitrogens is 1. The van der Waals surface area contributed by atoms with Crippen LogP contribution in [-0.2, 0) is 6.54 Å². The Balaban J connectivity index is 1.42. The van der Waals surface area contributed by atoms with Crippen LogP contribution in [0.3, 0.4) is 0 Å². The third-order valence-electron chi connectivity index (χ3n) is 5.91. The number of nitrogens with zero attached hydrogens (tertiary/aromatic N) is 5. The third-order valence-corrected chi connectivity index (χ3v) is 5.91. The van der Waals surface area contributed by atoms with Gasteiger partial charge in [-0.25, -0.2) is 0 Å².